The standard InChI is InChI=1S/C12H18O2/c1-2-3-4-5-6-7-8-9-10-11-12(13)14/h3-4,6-7,9-10H,2,5,8,11H2,1H3,(H,13,14). The van der Waals surface area contributed by atoms with E-state index in [1.54, 1.807) is 6.08 Å². The molecule has 0 saturated heterocycles. The van der Waals surface area contributed by atoms with Crippen molar-refractivity contribution in [3.63, 3.8) is 0 Å². The summed E-state index contributed by atoms with van der Waals surface area (Å²) in [5, 5.41) is 8.33. The van der Waals surface area contributed by atoms with Gasteiger partial charge < -0.3 is 5.11 Å². The van der Waals surface area contributed by atoms with Gasteiger partial charge in [0.05, 0.1) is 6.42 Å². The molecule has 0 unspecified atom stereocenters. The minimum Gasteiger partial charge on any atom is -0.481 e. The first-order valence-electron chi connectivity index (χ1n) is 4.94. The van der Waals surface area contributed by atoms with E-state index in [0.717, 1.165) is 19.3 Å². The Hall–Kier alpha value is -1.31. The van der Waals surface area contributed by atoms with Gasteiger partial charge in [-0.15, -0.1) is 0 Å². The fraction of sp³-hybridized carbons (Fsp3) is 0.417. The Morgan fingerprint density at radius 2 is 1.50 bits per heavy atom. The highest BCUT2D eigenvalue weighted by molar-refractivity contribution is 5.68. The molecule has 0 heterocycles. The van der Waals surface area contributed by atoms with Crippen LogP contribution in [0.3, 0.4) is 0 Å². The normalized spacial score (nSPS) is 12.1. The van der Waals surface area contributed by atoms with Crippen LogP contribution < -0.4 is 0 Å². The Balaban J connectivity index is 3.39. The summed E-state index contributed by atoms with van der Waals surface area (Å²) in [6.07, 6.45) is 14.9. The fourth-order valence-electron chi connectivity index (χ4n) is 0.893. The van der Waals surface area contributed by atoms with Crippen LogP contribution in [0.2, 0.25) is 0 Å². The van der Waals surface area contributed by atoms with Gasteiger partial charge in [-0.05, 0) is 19.3 Å². The second-order valence-corrected chi connectivity index (χ2v) is 2.89. The van der Waals surface area contributed by atoms with Gasteiger partial charge in [-0.2, -0.15) is 0 Å². The zero-order valence-electron chi connectivity index (χ0n) is 8.65. The maximum Gasteiger partial charge on any atom is 0.307 e. The number of aliphatic carboxylic acids is 1. The van der Waals surface area contributed by atoms with Crippen LogP contribution in [0.5, 0.6) is 0 Å². The largest absolute Gasteiger partial charge is 0.481 e. The summed E-state index contributed by atoms with van der Waals surface area (Å²) in [4.78, 5) is 10.1. The molecule has 0 aromatic rings. The van der Waals surface area contributed by atoms with Gasteiger partial charge >= 0.3 is 5.97 Å². The molecule has 0 aliphatic rings. The molecule has 0 spiro atoms. The highest BCUT2D eigenvalue weighted by atomic mass is 16.4. The first kappa shape index (κ1) is 12.7. The van der Waals surface area contributed by atoms with Crippen LogP contribution >= 0.6 is 0 Å². The molecule has 0 aliphatic heterocycles. The lowest BCUT2D eigenvalue weighted by molar-refractivity contribution is -0.136. The van der Waals surface area contributed by atoms with Gasteiger partial charge in [-0.25, -0.2) is 0 Å². The number of carboxylic acids is 1. The summed E-state index contributed by atoms with van der Waals surface area (Å²) < 4.78 is 0. The lowest BCUT2D eigenvalue weighted by Gasteiger charge is -1.84. The summed E-state index contributed by atoms with van der Waals surface area (Å²) in [6.45, 7) is 2.11. The SMILES string of the molecule is CCC=CCC=CCC=CCC(=O)O. The van der Waals surface area contributed by atoms with E-state index in [1.807, 2.05) is 12.2 Å². The van der Waals surface area contributed by atoms with Crippen LogP contribution in [0.15, 0.2) is 36.5 Å². The molecule has 0 atom stereocenters. The number of hydrogen-bond acceptors (Lipinski definition) is 1. The van der Waals surface area contributed by atoms with E-state index >= 15 is 0 Å². The molecule has 2 nitrogen and oxygen atoms in total. The van der Waals surface area contributed by atoms with Crippen molar-refractivity contribution in [2.75, 3.05) is 0 Å². The van der Waals surface area contributed by atoms with Crippen molar-refractivity contribution < 1.29 is 9.90 Å². The maximum atomic E-state index is 10.1. The molecule has 0 aromatic heterocycles. The van der Waals surface area contributed by atoms with Crippen molar-refractivity contribution in [1.82, 2.24) is 0 Å². The quantitative estimate of drug-likeness (QED) is 0.631. The Bertz CT molecular complexity index is 224. The second-order valence-electron chi connectivity index (χ2n) is 2.89. The van der Waals surface area contributed by atoms with E-state index in [2.05, 4.69) is 25.2 Å². The number of carboxylic acid groups (broad SMARTS) is 1. The Labute approximate surface area is 85.6 Å². The maximum absolute atomic E-state index is 10.1. The molecule has 0 rings (SSSR count). The minimum atomic E-state index is -0.781. The third-order valence-corrected chi connectivity index (χ3v) is 1.57. The first-order valence-corrected chi connectivity index (χ1v) is 4.94. The monoisotopic (exact) mass is 194 g/mol. The molecule has 14 heavy (non-hydrogen) atoms. The number of carbonyl (C=O) groups is 1. The number of hydrogen-bond donors (Lipinski definition) is 1. The van der Waals surface area contributed by atoms with Gasteiger partial charge in [0, 0.05) is 0 Å². The van der Waals surface area contributed by atoms with Crippen molar-refractivity contribution >= 4 is 5.97 Å². The van der Waals surface area contributed by atoms with Crippen molar-refractivity contribution in [3.8, 4) is 0 Å². The summed E-state index contributed by atoms with van der Waals surface area (Å²) in [5.74, 6) is -0.781. The van der Waals surface area contributed by atoms with Crippen LogP contribution in [-0.4, -0.2) is 11.1 Å². The molecule has 2 heteroatoms. The number of allylic oxidation sites excluding steroid dienone is 5. The summed E-state index contributed by atoms with van der Waals surface area (Å²) in [5.41, 5.74) is 0. The summed E-state index contributed by atoms with van der Waals surface area (Å²) in [7, 11) is 0. The predicted octanol–water partition coefficient (Wildman–Crippen LogP) is 3.32. The third-order valence-electron chi connectivity index (χ3n) is 1.57. The molecular weight excluding hydrogens is 176 g/mol. The van der Waals surface area contributed by atoms with Crippen molar-refractivity contribution in [3.05, 3.63) is 36.5 Å². The molecule has 0 fully saturated rings. The van der Waals surface area contributed by atoms with Gasteiger partial charge in [0.15, 0.2) is 0 Å². The molecule has 0 saturated carbocycles. The van der Waals surface area contributed by atoms with Crippen molar-refractivity contribution in [2.24, 2.45) is 0 Å². The van der Waals surface area contributed by atoms with Gasteiger partial charge in [0.25, 0.3) is 0 Å². The smallest absolute Gasteiger partial charge is 0.307 e. The highest BCUT2D eigenvalue weighted by Gasteiger charge is 1.86. The molecule has 0 aromatic carbocycles. The second kappa shape index (κ2) is 9.78. The molecule has 0 bridgehead atoms. The van der Waals surface area contributed by atoms with Gasteiger partial charge in [0.1, 0.15) is 0 Å². The average molecular weight is 194 g/mol. The minimum absolute atomic E-state index is 0.115. The van der Waals surface area contributed by atoms with E-state index in [9.17, 15) is 4.79 Å². The van der Waals surface area contributed by atoms with Crippen LogP contribution in [0.4, 0.5) is 0 Å². The lowest BCUT2D eigenvalue weighted by atomic mass is 10.2. The van der Waals surface area contributed by atoms with E-state index in [-0.39, 0.29) is 6.42 Å². The Morgan fingerprint density at radius 3 is 2.00 bits per heavy atom. The van der Waals surface area contributed by atoms with Gasteiger partial charge in [-0.1, -0.05) is 43.4 Å². The first-order chi connectivity index (χ1) is 6.77. The van der Waals surface area contributed by atoms with E-state index < -0.39 is 5.97 Å². The molecule has 0 aliphatic carbocycles. The molecule has 0 amide bonds. The Kier molecular flexibility index (Phi) is 8.86. The van der Waals surface area contributed by atoms with Crippen molar-refractivity contribution in [1.29, 1.82) is 0 Å². The van der Waals surface area contributed by atoms with Gasteiger partial charge in [0.2, 0.25) is 0 Å². The average Bonchev–Trinajstić information content (AvgIpc) is 2.15. The highest BCUT2D eigenvalue weighted by Crippen LogP contribution is 1.93. The zero-order chi connectivity index (χ0) is 10.6. The van der Waals surface area contributed by atoms with Crippen LogP contribution in [0.1, 0.15) is 32.6 Å². The van der Waals surface area contributed by atoms with Crippen LogP contribution in [0, 0.1) is 0 Å². The fourth-order valence-corrected chi connectivity index (χ4v) is 0.893. The van der Waals surface area contributed by atoms with E-state index in [4.69, 9.17) is 5.11 Å². The Morgan fingerprint density at radius 1 is 1.00 bits per heavy atom. The summed E-state index contributed by atoms with van der Waals surface area (Å²) in [6, 6.07) is 0. The molecular formula is C12H18O2. The van der Waals surface area contributed by atoms with Gasteiger partial charge in [-0.3, -0.25) is 4.79 Å². The van der Waals surface area contributed by atoms with Crippen LogP contribution in [-0.2, 0) is 4.79 Å². The number of rotatable bonds is 7. The molecule has 78 valence electrons. The third kappa shape index (κ3) is 10.7. The topological polar surface area (TPSA) is 37.3 Å². The van der Waals surface area contributed by atoms with Crippen molar-refractivity contribution in [2.45, 2.75) is 32.6 Å². The van der Waals surface area contributed by atoms with E-state index in [0.29, 0.717) is 0 Å². The van der Waals surface area contributed by atoms with Crippen LogP contribution in [0.25, 0.3) is 0 Å². The lowest BCUT2D eigenvalue weighted by Crippen LogP contribution is -1.89. The zero-order valence-corrected chi connectivity index (χ0v) is 8.65. The predicted molar refractivity (Wildman–Crippen MR) is 59.2 cm³/mol. The van der Waals surface area contributed by atoms with E-state index in [1.165, 1.54) is 0 Å². The molecule has 1 N–H and O–H groups in total. The molecule has 0 radical (unpaired) electrons. The summed E-state index contributed by atoms with van der Waals surface area (Å²) >= 11 is 0.